The van der Waals surface area contributed by atoms with Crippen LogP contribution in [0, 0.1) is 6.92 Å². The molecule has 0 radical (unpaired) electrons. The van der Waals surface area contributed by atoms with Crippen molar-refractivity contribution < 1.29 is 14.2 Å². The molecule has 1 aromatic rings. The van der Waals surface area contributed by atoms with Crippen molar-refractivity contribution in [3.63, 3.8) is 0 Å². The summed E-state index contributed by atoms with van der Waals surface area (Å²) in [5, 5.41) is 3.45. The molecular formula is C24H42IN3O3. The number of piperidine rings is 1. The number of hydrogen-bond donors (Lipinski definition) is 1. The number of aliphatic imine (C=N–C) groups is 1. The molecule has 2 rings (SSSR count). The number of likely N-dealkylation sites (tertiary alicyclic amines) is 1. The Bertz CT molecular complexity index is 669. The molecule has 31 heavy (non-hydrogen) atoms. The van der Waals surface area contributed by atoms with Gasteiger partial charge in [0.1, 0.15) is 11.4 Å². The third kappa shape index (κ3) is 10.4. The fourth-order valence-corrected chi connectivity index (χ4v) is 3.49. The van der Waals surface area contributed by atoms with Gasteiger partial charge in [0.25, 0.3) is 0 Å². The molecule has 0 amide bonds. The van der Waals surface area contributed by atoms with E-state index in [9.17, 15) is 0 Å². The Kier molecular flexibility index (Phi) is 12.8. The highest BCUT2D eigenvalue weighted by atomic mass is 127. The summed E-state index contributed by atoms with van der Waals surface area (Å²) in [6, 6.07) is 6.36. The first kappa shape index (κ1) is 28.0. The molecule has 1 aliphatic rings. The molecule has 1 saturated heterocycles. The first-order valence-corrected chi connectivity index (χ1v) is 11.2. The fraction of sp³-hybridized carbons (Fsp3) is 0.708. The van der Waals surface area contributed by atoms with Gasteiger partial charge in [0.15, 0.2) is 5.96 Å². The molecular weight excluding hydrogens is 505 g/mol. The molecule has 0 aromatic heterocycles. The van der Waals surface area contributed by atoms with E-state index in [1.165, 1.54) is 5.56 Å². The summed E-state index contributed by atoms with van der Waals surface area (Å²) in [6.45, 7) is 15.3. The Morgan fingerprint density at radius 3 is 2.52 bits per heavy atom. The highest BCUT2D eigenvalue weighted by molar-refractivity contribution is 14.0. The van der Waals surface area contributed by atoms with Crippen LogP contribution in [0.15, 0.2) is 23.2 Å². The average molecular weight is 548 g/mol. The standard InChI is InChI=1S/C24H41N3O3.HI/c1-7-25-23(27-13-11-21(12-14-27)29-16-8-15-28-6)26-18-20-10-9-19(2)17-22(20)30-24(3,4)5;/h9-10,17,21H,7-8,11-16,18H2,1-6H3,(H,25,26);1H. The minimum Gasteiger partial charge on any atom is -0.488 e. The molecule has 1 heterocycles. The van der Waals surface area contributed by atoms with Crippen molar-refractivity contribution in [2.75, 3.05) is 40.0 Å². The molecule has 0 unspecified atom stereocenters. The van der Waals surface area contributed by atoms with Gasteiger partial charge in [-0.3, -0.25) is 0 Å². The molecule has 7 heteroatoms. The molecule has 1 N–H and O–H groups in total. The Morgan fingerprint density at radius 2 is 1.90 bits per heavy atom. The Hall–Kier alpha value is -1.06. The van der Waals surface area contributed by atoms with Crippen LogP contribution < -0.4 is 10.1 Å². The lowest BCUT2D eigenvalue weighted by Gasteiger charge is -2.34. The van der Waals surface area contributed by atoms with Gasteiger partial charge in [0.05, 0.1) is 12.6 Å². The number of guanidine groups is 1. The number of halogens is 1. The number of rotatable bonds is 9. The number of ether oxygens (including phenoxy) is 3. The van der Waals surface area contributed by atoms with Crippen molar-refractivity contribution in [3.8, 4) is 5.75 Å². The van der Waals surface area contributed by atoms with E-state index in [0.29, 0.717) is 12.6 Å². The zero-order chi connectivity index (χ0) is 22.0. The van der Waals surface area contributed by atoms with E-state index in [1.807, 2.05) is 0 Å². The van der Waals surface area contributed by atoms with Crippen LogP contribution in [0.25, 0.3) is 0 Å². The van der Waals surface area contributed by atoms with Gasteiger partial charge in [0.2, 0.25) is 0 Å². The second-order valence-corrected chi connectivity index (χ2v) is 8.90. The van der Waals surface area contributed by atoms with E-state index in [2.05, 4.69) is 63.0 Å². The summed E-state index contributed by atoms with van der Waals surface area (Å²) in [5.74, 6) is 1.89. The van der Waals surface area contributed by atoms with Crippen molar-refractivity contribution in [3.05, 3.63) is 29.3 Å². The quantitative estimate of drug-likeness (QED) is 0.209. The summed E-state index contributed by atoms with van der Waals surface area (Å²) < 4.78 is 17.3. The smallest absolute Gasteiger partial charge is 0.194 e. The summed E-state index contributed by atoms with van der Waals surface area (Å²) in [6.07, 6.45) is 3.35. The van der Waals surface area contributed by atoms with Gasteiger partial charge in [-0.15, -0.1) is 24.0 Å². The van der Waals surface area contributed by atoms with Crippen LogP contribution in [-0.4, -0.2) is 62.5 Å². The third-order valence-electron chi connectivity index (χ3n) is 4.96. The van der Waals surface area contributed by atoms with Crippen LogP contribution in [0.3, 0.4) is 0 Å². The zero-order valence-corrected chi connectivity index (χ0v) is 22.5. The molecule has 1 fully saturated rings. The minimum absolute atomic E-state index is 0. The SMILES string of the molecule is CCNC(=NCc1ccc(C)cc1OC(C)(C)C)N1CCC(OCCCOC)CC1.I. The molecule has 1 aromatic carbocycles. The number of benzene rings is 1. The molecule has 0 atom stereocenters. The number of aryl methyl sites for hydroxylation is 1. The van der Waals surface area contributed by atoms with Gasteiger partial charge < -0.3 is 24.4 Å². The molecule has 178 valence electrons. The van der Waals surface area contributed by atoms with Crippen molar-refractivity contribution in [1.82, 2.24) is 10.2 Å². The highest BCUT2D eigenvalue weighted by Crippen LogP contribution is 2.25. The Morgan fingerprint density at radius 1 is 1.19 bits per heavy atom. The molecule has 0 spiro atoms. The van der Waals surface area contributed by atoms with Crippen molar-refractivity contribution in [2.24, 2.45) is 4.99 Å². The Labute approximate surface area is 206 Å². The van der Waals surface area contributed by atoms with Gasteiger partial charge in [-0.25, -0.2) is 4.99 Å². The van der Waals surface area contributed by atoms with Gasteiger partial charge in [-0.2, -0.15) is 0 Å². The van der Waals surface area contributed by atoms with Crippen LogP contribution in [-0.2, 0) is 16.0 Å². The summed E-state index contributed by atoms with van der Waals surface area (Å²) in [4.78, 5) is 7.28. The topological polar surface area (TPSA) is 55.3 Å². The van der Waals surface area contributed by atoms with Gasteiger partial charge in [-0.05, 0) is 65.5 Å². The van der Waals surface area contributed by atoms with E-state index in [-0.39, 0.29) is 29.6 Å². The maximum absolute atomic E-state index is 6.19. The number of methoxy groups -OCH3 is 1. The largest absolute Gasteiger partial charge is 0.488 e. The molecule has 0 aliphatic carbocycles. The third-order valence-corrected chi connectivity index (χ3v) is 4.96. The summed E-state index contributed by atoms with van der Waals surface area (Å²) >= 11 is 0. The number of nitrogens with zero attached hydrogens (tertiary/aromatic N) is 2. The predicted molar refractivity (Wildman–Crippen MR) is 139 cm³/mol. The lowest BCUT2D eigenvalue weighted by Crippen LogP contribution is -2.47. The van der Waals surface area contributed by atoms with E-state index < -0.39 is 0 Å². The highest BCUT2D eigenvalue weighted by Gasteiger charge is 2.22. The maximum Gasteiger partial charge on any atom is 0.194 e. The van der Waals surface area contributed by atoms with Gasteiger partial charge in [-0.1, -0.05) is 12.1 Å². The second kappa shape index (κ2) is 14.2. The van der Waals surface area contributed by atoms with E-state index >= 15 is 0 Å². The fourth-order valence-electron chi connectivity index (χ4n) is 3.49. The van der Waals surface area contributed by atoms with Crippen molar-refractivity contribution in [2.45, 2.75) is 72.1 Å². The van der Waals surface area contributed by atoms with Crippen LogP contribution in [0.1, 0.15) is 58.1 Å². The van der Waals surface area contributed by atoms with E-state index in [0.717, 1.165) is 69.4 Å². The normalized spacial score (nSPS) is 15.5. The van der Waals surface area contributed by atoms with Crippen LogP contribution in [0.5, 0.6) is 5.75 Å². The number of hydrogen-bond acceptors (Lipinski definition) is 4. The number of nitrogens with one attached hydrogen (secondary N) is 1. The predicted octanol–water partition coefficient (Wildman–Crippen LogP) is 4.77. The average Bonchev–Trinajstić information content (AvgIpc) is 2.69. The lowest BCUT2D eigenvalue weighted by atomic mass is 10.1. The molecule has 6 nitrogen and oxygen atoms in total. The van der Waals surface area contributed by atoms with Crippen molar-refractivity contribution >= 4 is 29.9 Å². The van der Waals surface area contributed by atoms with Gasteiger partial charge in [0, 0.05) is 45.5 Å². The van der Waals surface area contributed by atoms with Crippen LogP contribution in [0.2, 0.25) is 0 Å². The zero-order valence-electron chi connectivity index (χ0n) is 20.2. The Balaban J connectivity index is 0.00000480. The van der Waals surface area contributed by atoms with Crippen LogP contribution in [0.4, 0.5) is 0 Å². The van der Waals surface area contributed by atoms with E-state index in [4.69, 9.17) is 19.2 Å². The van der Waals surface area contributed by atoms with Gasteiger partial charge >= 0.3 is 0 Å². The first-order chi connectivity index (χ1) is 14.3. The molecule has 0 bridgehead atoms. The second-order valence-electron chi connectivity index (χ2n) is 8.90. The minimum atomic E-state index is -0.234. The molecule has 1 aliphatic heterocycles. The van der Waals surface area contributed by atoms with Crippen LogP contribution >= 0.6 is 24.0 Å². The first-order valence-electron chi connectivity index (χ1n) is 11.2. The van der Waals surface area contributed by atoms with Crippen molar-refractivity contribution in [1.29, 1.82) is 0 Å². The summed E-state index contributed by atoms with van der Waals surface area (Å²) in [5.41, 5.74) is 2.07. The maximum atomic E-state index is 6.19. The lowest BCUT2D eigenvalue weighted by molar-refractivity contribution is 0.00990. The monoisotopic (exact) mass is 547 g/mol. The van der Waals surface area contributed by atoms with E-state index in [1.54, 1.807) is 7.11 Å². The molecule has 0 saturated carbocycles. The summed E-state index contributed by atoms with van der Waals surface area (Å²) in [7, 11) is 1.73.